The van der Waals surface area contributed by atoms with E-state index in [1.54, 1.807) is 7.11 Å². The highest BCUT2D eigenvalue weighted by molar-refractivity contribution is 5.31. The van der Waals surface area contributed by atoms with Crippen LogP contribution in [0, 0.1) is 11.3 Å². The van der Waals surface area contributed by atoms with Gasteiger partial charge in [0.25, 0.3) is 0 Å². The molecule has 0 heterocycles. The van der Waals surface area contributed by atoms with Gasteiger partial charge in [0.15, 0.2) is 0 Å². The molecule has 1 aliphatic rings. The fraction of sp³-hybridized carbons (Fsp3) is 0.562. The highest BCUT2D eigenvalue weighted by atomic mass is 16.5. The molecule has 0 bridgehead atoms. The lowest BCUT2D eigenvalue weighted by atomic mass is 9.71. The molecule has 102 valence electrons. The molecule has 0 saturated heterocycles. The average molecular weight is 259 g/mol. The number of hydrogen-bond donors (Lipinski definition) is 1. The van der Waals surface area contributed by atoms with Gasteiger partial charge in [-0.25, -0.2) is 0 Å². The molecule has 1 N–H and O–H groups in total. The lowest BCUT2D eigenvalue weighted by Gasteiger charge is -2.38. The molecular formula is C16H21NO2. The molecule has 1 saturated carbocycles. The highest BCUT2D eigenvalue weighted by Crippen LogP contribution is 2.41. The van der Waals surface area contributed by atoms with Crippen molar-refractivity contribution in [3.05, 3.63) is 29.8 Å². The molecule has 1 unspecified atom stereocenters. The molecule has 1 fully saturated rings. The molecule has 1 aromatic rings. The van der Waals surface area contributed by atoms with Crippen LogP contribution in [0.4, 0.5) is 0 Å². The standard InChI is InChI=1S/C16H21NO2/c1-19-14-7-5-13(6-8-14)15(9-12-17)16(18)10-3-2-4-11-16/h5-8,15,18H,2-4,9-11H2,1H3. The second kappa shape index (κ2) is 6.08. The molecule has 3 heteroatoms. The molecule has 1 aromatic carbocycles. The maximum absolute atomic E-state index is 10.9. The van der Waals surface area contributed by atoms with Gasteiger partial charge in [-0.1, -0.05) is 31.4 Å². The molecule has 2 rings (SSSR count). The Hall–Kier alpha value is -1.53. The Labute approximate surface area is 114 Å². The Morgan fingerprint density at radius 2 is 1.89 bits per heavy atom. The van der Waals surface area contributed by atoms with Crippen LogP contribution in [0.15, 0.2) is 24.3 Å². The SMILES string of the molecule is COc1ccc(C(CC#N)C2(O)CCCCC2)cc1. The minimum atomic E-state index is -0.720. The van der Waals surface area contributed by atoms with E-state index in [4.69, 9.17) is 10.00 Å². The minimum absolute atomic E-state index is 0.0938. The van der Waals surface area contributed by atoms with Crippen LogP contribution < -0.4 is 4.74 Å². The summed E-state index contributed by atoms with van der Waals surface area (Å²) in [6.45, 7) is 0. The molecule has 1 atom stereocenters. The normalized spacial score (nSPS) is 19.4. The van der Waals surface area contributed by atoms with E-state index in [0.29, 0.717) is 6.42 Å². The summed E-state index contributed by atoms with van der Waals surface area (Å²) in [4.78, 5) is 0. The van der Waals surface area contributed by atoms with E-state index in [2.05, 4.69) is 6.07 Å². The molecule has 1 aliphatic carbocycles. The first-order chi connectivity index (χ1) is 9.19. The second-order valence-corrected chi connectivity index (χ2v) is 5.35. The quantitative estimate of drug-likeness (QED) is 0.901. The first-order valence-corrected chi connectivity index (χ1v) is 6.93. The van der Waals surface area contributed by atoms with Crippen molar-refractivity contribution in [2.45, 2.75) is 50.0 Å². The number of nitrogens with zero attached hydrogens (tertiary/aromatic N) is 1. The van der Waals surface area contributed by atoms with Gasteiger partial charge in [-0.2, -0.15) is 5.26 Å². The van der Waals surface area contributed by atoms with E-state index < -0.39 is 5.60 Å². The summed E-state index contributed by atoms with van der Waals surface area (Å²) in [7, 11) is 1.64. The molecule has 19 heavy (non-hydrogen) atoms. The van der Waals surface area contributed by atoms with Gasteiger partial charge in [-0.3, -0.25) is 0 Å². The topological polar surface area (TPSA) is 53.2 Å². The van der Waals surface area contributed by atoms with Crippen LogP contribution in [0.2, 0.25) is 0 Å². The molecule has 0 spiro atoms. The first kappa shape index (κ1) is 13.9. The summed E-state index contributed by atoms with van der Waals surface area (Å²) in [5, 5.41) is 19.9. The van der Waals surface area contributed by atoms with Gasteiger partial charge in [0, 0.05) is 12.3 Å². The van der Waals surface area contributed by atoms with Gasteiger partial charge in [0.2, 0.25) is 0 Å². The van der Waals surface area contributed by atoms with E-state index >= 15 is 0 Å². The van der Waals surface area contributed by atoms with Gasteiger partial charge in [-0.05, 0) is 30.5 Å². The van der Waals surface area contributed by atoms with Crippen LogP contribution >= 0.6 is 0 Å². The largest absolute Gasteiger partial charge is 0.497 e. The number of methoxy groups -OCH3 is 1. The zero-order chi connectivity index (χ0) is 13.7. The number of aliphatic hydroxyl groups is 1. The van der Waals surface area contributed by atoms with Crippen molar-refractivity contribution in [1.82, 2.24) is 0 Å². The van der Waals surface area contributed by atoms with Crippen LogP contribution in [0.25, 0.3) is 0 Å². The molecular weight excluding hydrogens is 238 g/mol. The predicted octanol–water partition coefficient (Wildman–Crippen LogP) is 3.39. The lowest BCUT2D eigenvalue weighted by Crippen LogP contribution is -2.38. The molecule has 0 amide bonds. The Morgan fingerprint density at radius 1 is 1.26 bits per heavy atom. The third-order valence-electron chi connectivity index (χ3n) is 4.18. The zero-order valence-electron chi connectivity index (χ0n) is 11.4. The van der Waals surface area contributed by atoms with Crippen LogP contribution in [0.1, 0.15) is 50.0 Å². The van der Waals surface area contributed by atoms with Gasteiger partial charge in [-0.15, -0.1) is 0 Å². The monoisotopic (exact) mass is 259 g/mol. The molecule has 0 aliphatic heterocycles. The Kier molecular flexibility index (Phi) is 4.44. The van der Waals surface area contributed by atoms with Crippen LogP contribution in [-0.4, -0.2) is 17.8 Å². The van der Waals surface area contributed by atoms with E-state index in [1.165, 1.54) is 6.42 Å². The number of hydrogen-bond acceptors (Lipinski definition) is 3. The highest BCUT2D eigenvalue weighted by Gasteiger charge is 2.38. The summed E-state index contributed by atoms with van der Waals surface area (Å²) < 4.78 is 5.15. The number of nitriles is 1. The smallest absolute Gasteiger partial charge is 0.118 e. The summed E-state index contributed by atoms with van der Waals surface area (Å²) in [5.41, 5.74) is 0.314. The number of benzene rings is 1. The Balaban J connectivity index is 2.25. The van der Waals surface area contributed by atoms with Crippen LogP contribution in [-0.2, 0) is 0 Å². The lowest BCUT2D eigenvalue weighted by molar-refractivity contribution is -0.0207. The predicted molar refractivity (Wildman–Crippen MR) is 74.0 cm³/mol. The molecule has 3 nitrogen and oxygen atoms in total. The van der Waals surface area contributed by atoms with E-state index in [0.717, 1.165) is 37.0 Å². The van der Waals surface area contributed by atoms with E-state index in [-0.39, 0.29) is 5.92 Å². The first-order valence-electron chi connectivity index (χ1n) is 6.93. The number of rotatable bonds is 4. The summed E-state index contributed by atoms with van der Waals surface area (Å²) >= 11 is 0. The van der Waals surface area contributed by atoms with Gasteiger partial charge in [0.05, 0.1) is 18.8 Å². The summed E-state index contributed by atoms with van der Waals surface area (Å²) in [6, 6.07) is 9.95. The Morgan fingerprint density at radius 3 is 2.42 bits per heavy atom. The molecule has 0 aromatic heterocycles. The van der Waals surface area contributed by atoms with Crippen molar-refractivity contribution >= 4 is 0 Å². The summed E-state index contributed by atoms with van der Waals surface area (Å²) in [6.07, 6.45) is 5.24. The van der Waals surface area contributed by atoms with E-state index in [9.17, 15) is 5.11 Å². The number of ether oxygens (including phenoxy) is 1. The zero-order valence-corrected chi connectivity index (χ0v) is 11.4. The van der Waals surface area contributed by atoms with Crippen molar-refractivity contribution < 1.29 is 9.84 Å². The van der Waals surface area contributed by atoms with Crippen molar-refractivity contribution in [3.63, 3.8) is 0 Å². The fourth-order valence-electron chi connectivity index (χ4n) is 3.06. The third-order valence-corrected chi connectivity index (χ3v) is 4.18. The van der Waals surface area contributed by atoms with Gasteiger partial charge in [0.1, 0.15) is 5.75 Å². The van der Waals surface area contributed by atoms with Crippen molar-refractivity contribution in [1.29, 1.82) is 5.26 Å². The van der Waals surface area contributed by atoms with Gasteiger partial charge >= 0.3 is 0 Å². The van der Waals surface area contributed by atoms with Gasteiger partial charge < -0.3 is 9.84 Å². The average Bonchev–Trinajstić information content (AvgIpc) is 2.45. The van der Waals surface area contributed by atoms with Crippen molar-refractivity contribution in [3.8, 4) is 11.8 Å². The summed E-state index contributed by atoms with van der Waals surface area (Å²) in [5.74, 6) is 0.707. The Bertz CT molecular complexity index is 441. The van der Waals surface area contributed by atoms with Crippen LogP contribution in [0.5, 0.6) is 5.75 Å². The fourth-order valence-corrected chi connectivity index (χ4v) is 3.06. The van der Waals surface area contributed by atoms with Crippen LogP contribution in [0.3, 0.4) is 0 Å². The maximum atomic E-state index is 10.9. The van der Waals surface area contributed by atoms with Crippen molar-refractivity contribution in [2.24, 2.45) is 0 Å². The minimum Gasteiger partial charge on any atom is -0.497 e. The maximum Gasteiger partial charge on any atom is 0.118 e. The second-order valence-electron chi connectivity index (χ2n) is 5.35. The third kappa shape index (κ3) is 3.08. The molecule has 0 radical (unpaired) electrons. The van der Waals surface area contributed by atoms with Crippen molar-refractivity contribution in [2.75, 3.05) is 7.11 Å². The van der Waals surface area contributed by atoms with E-state index in [1.807, 2.05) is 24.3 Å².